The van der Waals surface area contributed by atoms with Crippen molar-refractivity contribution in [2.45, 2.75) is 38.5 Å². The Morgan fingerprint density at radius 3 is 2.45 bits per heavy atom. The van der Waals surface area contributed by atoms with Crippen LogP contribution < -0.4 is 0 Å². The van der Waals surface area contributed by atoms with Crippen LogP contribution in [0.25, 0.3) is 17.5 Å². The highest BCUT2D eigenvalue weighted by Crippen LogP contribution is 2.20. The highest BCUT2D eigenvalue weighted by Gasteiger charge is 2.14. The highest BCUT2D eigenvalue weighted by atomic mass is 32.2. The van der Waals surface area contributed by atoms with Crippen LogP contribution >= 0.6 is 0 Å². The molecule has 3 aromatic rings. The maximum atomic E-state index is 12.3. The second-order valence-corrected chi connectivity index (χ2v) is 9.39. The molecule has 1 aromatic carbocycles. The number of aryl methyl sites for hydroxylation is 1. The van der Waals surface area contributed by atoms with Gasteiger partial charge in [0, 0.05) is 24.3 Å². The number of pyridine rings is 1. The minimum absolute atomic E-state index is 0.0992. The molecule has 0 radical (unpaired) electrons. The molecular weight excluding hydrogens is 412 g/mol. The first-order valence-corrected chi connectivity index (χ1v) is 12.2. The van der Waals surface area contributed by atoms with Gasteiger partial charge in [-0.15, -0.1) is 0 Å². The van der Waals surface area contributed by atoms with Crippen molar-refractivity contribution in [3.05, 3.63) is 77.3 Å². The normalized spacial score (nSPS) is 11.8. The van der Waals surface area contributed by atoms with Crippen molar-refractivity contribution in [1.29, 1.82) is 0 Å². The number of oxazole rings is 1. The van der Waals surface area contributed by atoms with Crippen LogP contribution in [0, 0.1) is 0 Å². The van der Waals surface area contributed by atoms with E-state index in [1.165, 1.54) is 24.0 Å². The third-order valence-electron chi connectivity index (χ3n) is 4.75. The van der Waals surface area contributed by atoms with Crippen LogP contribution in [0.3, 0.4) is 0 Å². The fourth-order valence-corrected chi connectivity index (χ4v) is 3.50. The van der Waals surface area contributed by atoms with Crippen LogP contribution in [0.15, 0.2) is 64.7 Å². The zero-order valence-corrected chi connectivity index (χ0v) is 18.3. The molecular formula is C24H26N2O4S. The third-order valence-corrected chi connectivity index (χ3v) is 5.38. The molecule has 0 aliphatic rings. The van der Waals surface area contributed by atoms with Crippen LogP contribution in [-0.2, 0) is 16.3 Å². The maximum absolute atomic E-state index is 12.3. The van der Waals surface area contributed by atoms with Crippen molar-refractivity contribution in [2.24, 2.45) is 0 Å². The van der Waals surface area contributed by atoms with Gasteiger partial charge >= 0.3 is 0 Å². The van der Waals surface area contributed by atoms with Gasteiger partial charge in [-0.05, 0) is 42.5 Å². The second kappa shape index (κ2) is 10.8. The molecule has 31 heavy (non-hydrogen) atoms. The largest absolute Gasteiger partial charge is 0.432 e. The molecule has 0 saturated heterocycles. The van der Waals surface area contributed by atoms with Gasteiger partial charge in [-0.2, -0.15) is 0 Å². The predicted octanol–water partition coefficient (Wildman–Crippen LogP) is 5.13. The van der Waals surface area contributed by atoms with Crippen LogP contribution in [0.2, 0.25) is 0 Å². The van der Waals surface area contributed by atoms with E-state index in [1.807, 2.05) is 6.07 Å². The van der Waals surface area contributed by atoms with Crippen LogP contribution in [0.5, 0.6) is 0 Å². The maximum Gasteiger partial charge on any atom is 0.263 e. The van der Waals surface area contributed by atoms with E-state index in [1.54, 1.807) is 12.1 Å². The first-order valence-electron chi connectivity index (χ1n) is 10.3. The molecule has 7 heteroatoms. The zero-order chi connectivity index (χ0) is 22.1. The molecule has 2 heterocycles. The summed E-state index contributed by atoms with van der Waals surface area (Å²) >= 11 is 0. The number of aromatic nitrogens is 2. The predicted molar refractivity (Wildman–Crippen MR) is 121 cm³/mol. The first kappa shape index (κ1) is 22.6. The summed E-state index contributed by atoms with van der Waals surface area (Å²) in [6.07, 6.45) is 11.1. The number of nitrogens with zero attached hydrogens (tertiary/aromatic N) is 2. The van der Waals surface area contributed by atoms with E-state index in [9.17, 15) is 13.2 Å². The summed E-state index contributed by atoms with van der Waals surface area (Å²) in [5.41, 5.74) is 2.53. The minimum Gasteiger partial charge on any atom is -0.432 e. The number of carbonyl (C=O) groups is 1. The number of benzene rings is 1. The standard InChI is InChI=1S/C24H26N2O4S/c1-31(28,29)16-15-20-13-14-21(25-17-20)23-18-26-24(30-23)22(27)12-8-3-2-5-9-19-10-6-4-7-11-19/h4,6-7,10-11,13-18H,2-3,5,8-9,12H2,1H3/b16-15+. The Hall–Kier alpha value is -3.06. The monoisotopic (exact) mass is 438 g/mol. The van der Waals surface area contributed by atoms with E-state index in [2.05, 4.69) is 34.2 Å². The average molecular weight is 439 g/mol. The van der Waals surface area contributed by atoms with Gasteiger partial charge in [0.15, 0.2) is 15.6 Å². The number of hydrogen-bond acceptors (Lipinski definition) is 6. The molecule has 6 nitrogen and oxygen atoms in total. The molecule has 0 aliphatic heterocycles. The van der Waals surface area contributed by atoms with E-state index in [4.69, 9.17) is 4.42 Å². The Balaban J connectivity index is 1.44. The lowest BCUT2D eigenvalue weighted by Gasteiger charge is -2.01. The Morgan fingerprint density at radius 2 is 1.74 bits per heavy atom. The molecule has 0 amide bonds. The van der Waals surface area contributed by atoms with E-state index in [-0.39, 0.29) is 11.7 Å². The van der Waals surface area contributed by atoms with Crippen molar-refractivity contribution >= 4 is 21.7 Å². The lowest BCUT2D eigenvalue weighted by molar-refractivity contribution is 0.0946. The van der Waals surface area contributed by atoms with Crippen molar-refractivity contribution in [1.82, 2.24) is 9.97 Å². The van der Waals surface area contributed by atoms with Gasteiger partial charge in [0.05, 0.1) is 6.20 Å². The van der Waals surface area contributed by atoms with Crippen LogP contribution in [0.1, 0.15) is 53.9 Å². The van der Waals surface area contributed by atoms with Crippen molar-refractivity contribution in [3.8, 4) is 11.5 Å². The van der Waals surface area contributed by atoms with Gasteiger partial charge in [0.1, 0.15) is 5.69 Å². The summed E-state index contributed by atoms with van der Waals surface area (Å²) in [4.78, 5) is 20.7. The summed E-state index contributed by atoms with van der Waals surface area (Å²) in [6.45, 7) is 0. The Bertz CT molecular complexity index is 1120. The Labute approximate surface area is 183 Å². The van der Waals surface area contributed by atoms with Crippen LogP contribution in [0.4, 0.5) is 0 Å². The van der Waals surface area contributed by atoms with Gasteiger partial charge in [0.2, 0.25) is 5.78 Å². The van der Waals surface area contributed by atoms with Crippen LogP contribution in [-0.4, -0.2) is 30.4 Å². The molecule has 0 atom stereocenters. The summed E-state index contributed by atoms with van der Waals surface area (Å²) in [5.74, 6) is 0.397. The second-order valence-electron chi connectivity index (χ2n) is 7.46. The number of unbranched alkanes of at least 4 members (excludes halogenated alkanes) is 3. The summed E-state index contributed by atoms with van der Waals surface area (Å²) in [7, 11) is -3.19. The van der Waals surface area contributed by atoms with Gasteiger partial charge < -0.3 is 4.42 Å². The summed E-state index contributed by atoms with van der Waals surface area (Å²) in [6, 6.07) is 13.8. The fraction of sp³-hybridized carbons (Fsp3) is 0.292. The summed E-state index contributed by atoms with van der Waals surface area (Å²) < 4.78 is 28.0. The molecule has 0 unspecified atom stereocenters. The van der Waals surface area contributed by atoms with Gasteiger partial charge in [-0.1, -0.05) is 49.2 Å². The topological polar surface area (TPSA) is 90.1 Å². The van der Waals surface area contributed by atoms with Gasteiger partial charge in [0.25, 0.3) is 5.89 Å². The lowest BCUT2D eigenvalue weighted by atomic mass is 10.0. The van der Waals surface area contributed by atoms with Gasteiger partial charge in [-0.3, -0.25) is 9.78 Å². The molecule has 0 N–H and O–H groups in total. The molecule has 0 saturated carbocycles. The minimum atomic E-state index is -3.19. The smallest absolute Gasteiger partial charge is 0.263 e. The average Bonchev–Trinajstić information content (AvgIpc) is 3.25. The van der Waals surface area contributed by atoms with Crippen molar-refractivity contribution in [3.63, 3.8) is 0 Å². The molecule has 0 fully saturated rings. The van der Waals surface area contributed by atoms with E-state index < -0.39 is 9.84 Å². The zero-order valence-electron chi connectivity index (χ0n) is 17.5. The molecule has 0 bridgehead atoms. The molecule has 0 aliphatic carbocycles. The van der Waals surface area contributed by atoms with Gasteiger partial charge in [-0.25, -0.2) is 13.4 Å². The van der Waals surface area contributed by atoms with E-state index in [0.717, 1.165) is 43.8 Å². The Morgan fingerprint density at radius 1 is 0.968 bits per heavy atom. The Kier molecular flexibility index (Phi) is 7.89. The number of ketones is 1. The van der Waals surface area contributed by atoms with Crippen molar-refractivity contribution < 1.29 is 17.6 Å². The highest BCUT2D eigenvalue weighted by molar-refractivity contribution is 7.93. The van der Waals surface area contributed by atoms with E-state index in [0.29, 0.717) is 23.4 Å². The fourth-order valence-electron chi connectivity index (χ4n) is 3.09. The molecule has 162 valence electrons. The number of sulfone groups is 1. The SMILES string of the molecule is CS(=O)(=O)/C=C/c1ccc(-c2cnc(C(=O)CCCCCCc3ccccc3)o2)nc1. The number of rotatable bonds is 11. The number of carbonyl (C=O) groups excluding carboxylic acids is 1. The molecule has 2 aromatic heterocycles. The molecule has 3 rings (SSSR count). The van der Waals surface area contributed by atoms with Crippen molar-refractivity contribution in [2.75, 3.05) is 6.26 Å². The number of Topliss-reactive ketones (excluding diaryl/α,β-unsaturated/α-hetero) is 1. The third kappa shape index (κ3) is 7.61. The lowest BCUT2D eigenvalue weighted by Crippen LogP contribution is -1.99. The summed E-state index contributed by atoms with van der Waals surface area (Å²) in [5, 5.41) is 1.12. The quantitative estimate of drug-likeness (QED) is 0.305. The van der Waals surface area contributed by atoms with E-state index >= 15 is 0 Å². The number of hydrogen-bond donors (Lipinski definition) is 0. The first-order chi connectivity index (χ1) is 14.9. The molecule has 0 spiro atoms.